The van der Waals surface area contributed by atoms with Crippen molar-refractivity contribution in [3.05, 3.63) is 23.9 Å². The minimum atomic E-state index is 0.00708. The van der Waals surface area contributed by atoms with Gasteiger partial charge in [0, 0.05) is 17.8 Å². The standard InChI is InChI=1S/C13H20N2O2/c1-10-3-2-4-12(9-10)15-13(16)11-5-7-14-17-8-6-11/h5-7,10,12,14H,2-4,8-9H2,1H3,(H,15,16)/t10?,12-/m1/s1. The van der Waals surface area contributed by atoms with Gasteiger partial charge in [0.05, 0.1) is 6.61 Å². The van der Waals surface area contributed by atoms with Gasteiger partial charge in [0.2, 0.25) is 0 Å². The summed E-state index contributed by atoms with van der Waals surface area (Å²) in [5.41, 5.74) is 3.30. The molecule has 1 aliphatic carbocycles. The van der Waals surface area contributed by atoms with Crippen molar-refractivity contribution in [1.29, 1.82) is 0 Å². The molecule has 0 aromatic heterocycles. The van der Waals surface area contributed by atoms with Crippen LogP contribution in [-0.4, -0.2) is 18.6 Å². The van der Waals surface area contributed by atoms with Gasteiger partial charge in [0.1, 0.15) is 0 Å². The van der Waals surface area contributed by atoms with E-state index in [-0.39, 0.29) is 5.91 Å². The molecule has 0 aromatic carbocycles. The summed E-state index contributed by atoms with van der Waals surface area (Å²) in [7, 11) is 0. The second-order valence-electron chi connectivity index (χ2n) is 4.86. The van der Waals surface area contributed by atoms with Crippen molar-refractivity contribution >= 4 is 5.91 Å². The van der Waals surface area contributed by atoms with Crippen LogP contribution < -0.4 is 10.8 Å². The predicted molar refractivity (Wildman–Crippen MR) is 65.9 cm³/mol. The molecule has 4 heteroatoms. The molecule has 1 fully saturated rings. The van der Waals surface area contributed by atoms with E-state index in [0.29, 0.717) is 18.2 Å². The smallest absolute Gasteiger partial charge is 0.251 e. The van der Waals surface area contributed by atoms with Crippen LogP contribution in [0.3, 0.4) is 0 Å². The van der Waals surface area contributed by atoms with Crippen molar-refractivity contribution in [1.82, 2.24) is 10.8 Å². The molecule has 4 nitrogen and oxygen atoms in total. The Labute approximate surface area is 102 Å². The number of amides is 1. The lowest BCUT2D eigenvalue weighted by molar-refractivity contribution is -0.118. The van der Waals surface area contributed by atoms with Gasteiger partial charge in [-0.3, -0.25) is 15.1 Å². The Balaban J connectivity index is 1.89. The molecule has 1 saturated carbocycles. The molecule has 17 heavy (non-hydrogen) atoms. The van der Waals surface area contributed by atoms with E-state index in [1.54, 1.807) is 18.4 Å². The summed E-state index contributed by atoms with van der Waals surface area (Å²) in [6.07, 6.45) is 9.87. The van der Waals surface area contributed by atoms with Gasteiger partial charge in [-0.05, 0) is 30.9 Å². The Morgan fingerprint density at radius 1 is 1.53 bits per heavy atom. The van der Waals surface area contributed by atoms with Crippen molar-refractivity contribution < 1.29 is 9.63 Å². The molecule has 0 saturated heterocycles. The molecule has 0 bridgehead atoms. The number of nitrogens with one attached hydrogen (secondary N) is 2. The molecule has 0 spiro atoms. The molecule has 1 aliphatic heterocycles. The number of carbonyl (C=O) groups is 1. The molecular weight excluding hydrogens is 216 g/mol. The Morgan fingerprint density at radius 2 is 2.41 bits per heavy atom. The van der Waals surface area contributed by atoms with Crippen LogP contribution in [0.2, 0.25) is 0 Å². The highest BCUT2D eigenvalue weighted by molar-refractivity contribution is 5.96. The van der Waals surface area contributed by atoms with E-state index < -0.39 is 0 Å². The first-order valence-electron chi connectivity index (χ1n) is 6.30. The van der Waals surface area contributed by atoms with Gasteiger partial charge in [0.15, 0.2) is 0 Å². The molecule has 2 rings (SSSR count). The predicted octanol–water partition coefficient (Wildman–Crippen LogP) is 1.66. The largest absolute Gasteiger partial charge is 0.349 e. The Hall–Kier alpha value is -1.29. The summed E-state index contributed by atoms with van der Waals surface area (Å²) in [4.78, 5) is 17.0. The van der Waals surface area contributed by atoms with Crippen LogP contribution in [0.4, 0.5) is 0 Å². The molecule has 2 N–H and O–H groups in total. The number of carbonyl (C=O) groups excluding carboxylic acids is 1. The van der Waals surface area contributed by atoms with E-state index in [0.717, 1.165) is 18.8 Å². The Kier molecular flexibility index (Phi) is 4.20. The first-order chi connectivity index (χ1) is 8.25. The monoisotopic (exact) mass is 236 g/mol. The minimum absolute atomic E-state index is 0.00708. The normalized spacial score (nSPS) is 28.9. The third-order valence-electron chi connectivity index (χ3n) is 3.33. The van der Waals surface area contributed by atoms with E-state index in [1.165, 1.54) is 12.8 Å². The van der Waals surface area contributed by atoms with Crippen LogP contribution in [0.5, 0.6) is 0 Å². The lowest BCUT2D eigenvalue weighted by Gasteiger charge is -2.27. The van der Waals surface area contributed by atoms with Crippen molar-refractivity contribution in [2.45, 2.75) is 38.6 Å². The van der Waals surface area contributed by atoms with Crippen LogP contribution in [0.15, 0.2) is 23.9 Å². The van der Waals surface area contributed by atoms with Gasteiger partial charge in [-0.25, -0.2) is 0 Å². The zero-order valence-corrected chi connectivity index (χ0v) is 10.2. The van der Waals surface area contributed by atoms with E-state index in [4.69, 9.17) is 4.84 Å². The molecule has 1 heterocycles. The highest BCUT2D eigenvalue weighted by Gasteiger charge is 2.21. The molecule has 0 radical (unpaired) electrons. The van der Waals surface area contributed by atoms with Crippen molar-refractivity contribution in [2.75, 3.05) is 6.61 Å². The molecule has 1 unspecified atom stereocenters. The van der Waals surface area contributed by atoms with E-state index in [2.05, 4.69) is 17.7 Å². The summed E-state index contributed by atoms with van der Waals surface area (Å²) in [5, 5.41) is 3.10. The Bertz CT molecular complexity index is 336. The van der Waals surface area contributed by atoms with Crippen LogP contribution in [0.25, 0.3) is 0 Å². The van der Waals surface area contributed by atoms with Crippen LogP contribution >= 0.6 is 0 Å². The van der Waals surface area contributed by atoms with Gasteiger partial charge in [0.25, 0.3) is 5.91 Å². The van der Waals surface area contributed by atoms with Gasteiger partial charge in [-0.2, -0.15) is 0 Å². The lowest BCUT2D eigenvalue weighted by Crippen LogP contribution is -2.38. The van der Waals surface area contributed by atoms with Crippen molar-refractivity contribution in [3.8, 4) is 0 Å². The molecule has 2 aliphatic rings. The first-order valence-corrected chi connectivity index (χ1v) is 6.30. The zero-order chi connectivity index (χ0) is 12.1. The van der Waals surface area contributed by atoms with E-state index in [9.17, 15) is 4.79 Å². The summed E-state index contributed by atoms with van der Waals surface area (Å²) in [6, 6.07) is 0.331. The number of hydrogen-bond acceptors (Lipinski definition) is 3. The molecule has 1 amide bonds. The van der Waals surface area contributed by atoms with E-state index >= 15 is 0 Å². The fraction of sp³-hybridized carbons (Fsp3) is 0.615. The summed E-state index contributed by atoms with van der Waals surface area (Å²) < 4.78 is 0. The lowest BCUT2D eigenvalue weighted by atomic mass is 9.87. The Morgan fingerprint density at radius 3 is 3.24 bits per heavy atom. The molecular formula is C13H20N2O2. The average Bonchev–Trinajstić information content (AvgIpc) is 2.57. The minimum Gasteiger partial charge on any atom is -0.349 e. The SMILES string of the molecule is CC1CCC[C@@H](NC(=O)C2=CCONC=C2)C1. The van der Waals surface area contributed by atoms with Crippen molar-refractivity contribution in [3.63, 3.8) is 0 Å². The summed E-state index contributed by atoms with van der Waals surface area (Å²) in [5.74, 6) is 0.727. The van der Waals surface area contributed by atoms with E-state index in [1.807, 2.05) is 0 Å². The van der Waals surface area contributed by atoms with Crippen molar-refractivity contribution in [2.24, 2.45) is 5.92 Å². The third-order valence-corrected chi connectivity index (χ3v) is 3.33. The quantitative estimate of drug-likeness (QED) is 0.766. The maximum atomic E-state index is 12.0. The fourth-order valence-corrected chi connectivity index (χ4v) is 2.42. The van der Waals surface area contributed by atoms with Gasteiger partial charge in [-0.15, -0.1) is 0 Å². The number of hydroxylamine groups is 1. The van der Waals surface area contributed by atoms with Crippen LogP contribution in [0.1, 0.15) is 32.6 Å². The maximum absolute atomic E-state index is 12.0. The number of rotatable bonds is 2. The van der Waals surface area contributed by atoms with Gasteiger partial charge < -0.3 is 5.32 Å². The van der Waals surface area contributed by atoms with Crippen LogP contribution in [-0.2, 0) is 9.63 Å². The second kappa shape index (κ2) is 5.87. The highest BCUT2D eigenvalue weighted by Crippen LogP contribution is 2.23. The van der Waals surface area contributed by atoms with Crippen LogP contribution in [0, 0.1) is 5.92 Å². The third kappa shape index (κ3) is 3.60. The highest BCUT2D eigenvalue weighted by atomic mass is 16.6. The second-order valence-corrected chi connectivity index (χ2v) is 4.86. The summed E-state index contributed by atoms with van der Waals surface area (Å²) in [6.45, 7) is 2.66. The molecule has 2 atom stereocenters. The molecule has 94 valence electrons. The molecule has 0 aromatic rings. The van der Waals surface area contributed by atoms with Gasteiger partial charge in [-0.1, -0.05) is 19.8 Å². The summed E-state index contributed by atoms with van der Waals surface area (Å²) >= 11 is 0. The zero-order valence-electron chi connectivity index (χ0n) is 10.2. The average molecular weight is 236 g/mol. The maximum Gasteiger partial charge on any atom is 0.251 e. The van der Waals surface area contributed by atoms with Gasteiger partial charge >= 0.3 is 0 Å². The number of hydrogen-bond donors (Lipinski definition) is 2. The fourth-order valence-electron chi connectivity index (χ4n) is 2.42. The topological polar surface area (TPSA) is 50.4 Å². The first kappa shape index (κ1) is 12.2.